The molecule has 1 aliphatic carbocycles. The van der Waals surface area contributed by atoms with Crippen molar-refractivity contribution in [2.75, 3.05) is 23.6 Å². The van der Waals surface area contributed by atoms with Crippen molar-refractivity contribution in [1.29, 1.82) is 0 Å². The molecule has 2 aromatic heterocycles. The molecule has 1 atom stereocenters. The van der Waals surface area contributed by atoms with E-state index in [1.807, 2.05) is 0 Å². The first-order valence-corrected chi connectivity index (χ1v) is 18.6. The Morgan fingerprint density at radius 3 is 2.47 bits per heavy atom. The third-order valence-electron chi connectivity index (χ3n) is 8.37. The Bertz CT molecular complexity index is 2110. The van der Waals surface area contributed by atoms with Gasteiger partial charge in [-0.3, -0.25) is 24.0 Å². The Hall–Kier alpha value is -5.00. The lowest BCUT2D eigenvalue weighted by Gasteiger charge is -2.22. The van der Waals surface area contributed by atoms with Gasteiger partial charge in [-0.2, -0.15) is 13.5 Å². The average molecular weight is 795 g/mol. The number of fused-ring (bicyclic) bond motifs is 1. The Balaban J connectivity index is 1.19. The fourth-order valence-electron chi connectivity index (χ4n) is 5.57. The fraction of sp³-hybridized carbons (Fsp3) is 0.324. The number of carbonyl (C=O) groups is 3. The van der Waals surface area contributed by atoms with Crippen LogP contribution in [0.5, 0.6) is 11.5 Å². The standard InChI is InChI=1S/C34H31Cl2F2N5O9S/c35-26-15-42(47)16-27(36)25(26)14-29(21-4-7-28(52-34(37)38)30(12-21)50-18-20-2-3-20)51-31(44)17-43-32(45)23-6-5-22(13-24(23)33(43)46)40-53(48,49)11-1-9-41-10-8-39-19-41/h4-8,10,12-13,15-16,19-20,29,34,40H,1-3,9,11,14,17-18H2/t29-/m0/s1. The SMILES string of the molecule is O=C(CN1C(=O)c2ccc(NS(=O)(=O)CCCn3ccnc3)cc2C1=O)O[C@@H](Cc1c(Cl)c[n+]([O-])cc1Cl)c1ccc(OC(F)F)c(OCC2CC2)c1. The number of amides is 2. The number of anilines is 1. The van der Waals surface area contributed by atoms with E-state index in [1.165, 1.54) is 36.4 Å². The lowest BCUT2D eigenvalue weighted by atomic mass is 10.0. The molecule has 3 heterocycles. The van der Waals surface area contributed by atoms with Gasteiger partial charge in [0.1, 0.15) is 22.7 Å². The maximum Gasteiger partial charge on any atom is 0.387 e. The third kappa shape index (κ3) is 9.52. The highest BCUT2D eigenvalue weighted by Gasteiger charge is 2.38. The summed E-state index contributed by atoms with van der Waals surface area (Å²) in [5.74, 6) is -2.98. The third-order valence-corrected chi connectivity index (χ3v) is 10.4. The number of pyridine rings is 1. The second-order valence-corrected chi connectivity index (χ2v) is 15.0. The van der Waals surface area contributed by atoms with Crippen LogP contribution in [0.25, 0.3) is 0 Å². The highest BCUT2D eigenvalue weighted by molar-refractivity contribution is 7.92. The number of alkyl halides is 2. The number of sulfonamides is 1. The van der Waals surface area contributed by atoms with Crippen molar-refractivity contribution in [2.24, 2.45) is 5.92 Å². The first-order valence-electron chi connectivity index (χ1n) is 16.2. The van der Waals surface area contributed by atoms with Gasteiger partial charge in [0.15, 0.2) is 23.9 Å². The molecule has 1 aliphatic heterocycles. The van der Waals surface area contributed by atoms with Crippen molar-refractivity contribution in [3.8, 4) is 11.5 Å². The van der Waals surface area contributed by atoms with Crippen LogP contribution < -0.4 is 18.9 Å². The number of nitrogens with zero attached hydrogens (tertiary/aromatic N) is 4. The number of imidazole rings is 1. The molecular weight excluding hydrogens is 763 g/mol. The smallest absolute Gasteiger partial charge is 0.387 e. The topological polar surface area (TPSA) is 173 Å². The van der Waals surface area contributed by atoms with Crippen molar-refractivity contribution in [3.63, 3.8) is 0 Å². The molecule has 1 fully saturated rings. The Morgan fingerprint density at radius 2 is 1.79 bits per heavy atom. The number of hydrogen-bond acceptors (Lipinski definition) is 10. The zero-order valence-electron chi connectivity index (χ0n) is 27.6. The molecular formula is C34H31Cl2F2N5O9S. The summed E-state index contributed by atoms with van der Waals surface area (Å²) >= 11 is 12.6. The number of ether oxygens (including phenoxy) is 3. The summed E-state index contributed by atoms with van der Waals surface area (Å²) in [7, 11) is -3.82. The number of rotatable bonds is 17. The monoisotopic (exact) mass is 793 g/mol. The second kappa shape index (κ2) is 15.9. The van der Waals surface area contributed by atoms with Crippen LogP contribution in [0.2, 0.25) is 10.0 Å². The zero-order chi connectivity index (χ0) is 37.9. The van der Waals surface area contributed by atoms with E-state index >= 15 is 0 Å². The van der Waals surface area contributed by atoms with E-state index in [0.29, 0.717) is 16.2 Å². The summed E-state index contributed by atoms with van der Waals surface area (Å²) in [6.45, 7) is -3.33. The molecule has 53 heavy (non-hydrogen) atoms. The van der Waals surface area contributed by atoms with Gasteiger partial charge in [0, 0.05) is 36.6 Å². The van der Waals surface area contributed by atoms with Crippen LogP contribution >= 0.6 is 23.2 Å². The summed E-state index contributed by atoms with van der Waals surface area (Å²) in [6, 6.07) is 7.77. The highest BCUT2D eigenvalue weighted by atomic mass is 35.5. The summed E-state index contributed by atoms with van der Waals surface area (Å²) in [6.07, 6.45) is 7.59. The lowest BCUT2D eigenvalue weighted by molar-refractivity contribution is -0.605. The van der Waals surface area contributed by atoms with E-state index in [-0.39, 0.29) is 80.6 Å². The van der Waals surface area contributed by atoms with Crippen LogP contribution in [0.3, 0.4) is 0 Å². The molecule has 4 aromatic rings. The minimum atomic E-state index is -3.82. The van der Waals surface area contributed by atoms with Crippen molar-refractivity contribution in [3.05, 3.63) is 105 Å². The molecule has 14 nitrogen and oxygen atoms in total. The van der Waals surface area contributed by atoms with E-state index < -0.39 is 47.1 Å². The van der Waals surface area contributed by atoms with Crippen molar-refractivity contribution >= 4 is 56.7 Å². The van der Waals surface area contributed by atoms with E-state index in [4.69, 9.17) is 32.7 Å². The maximum absolute atomic E-state index is 13.5. The molecule has 2 amide bonds. The van der Waals surface area contributed by atoms with Gasteiger partial charge in [-0.1, -0.05) is 29.3 Å². The predicted molar refractivity (Wildman–Crippen MR) is 185 cm³/mol. The zero-order valence-corrected chi connectivity index (χ0v) is 30.0. The molecule has 0 saturated heterocycles. The molecule has 280 valence electrons. The van der Waals surface area contributed by atoms with Gasteiger partial charge < -0.3 is 24.0 Å². The fourth-order valence-corrected chi connectivity index (χ4v) is 7.27. The van der Waals surface area contributed by atoms with Crippen LogP contribution in [0, 0.1) is 11.1 Å². The number of imide groups is 1. The number of esters is 1. The Labute approximate surface area is 311 Å². The second-order valence-electron chi connectivity index (χ2n) is 12.3. The maximum atomic E-state index is 13.5. The molecule has 6 rings (SSSR count). The van der Waals surface area contributed by atoms with Crippen LogP contribution in [-0.4, -0.2) is 66.2 Å². The van der Waals surface area contributed by atoms with Crippen LogP contribution in [-0.2, 0) is 32.5 Å². The largest absolute Gasteiger partial charge is 0.619 e. The molecule has 1 N–H and O–H groups in total. The lowest BCUT2D eigenvalue weighted by Crippen LogP contribution is -2.36. The van der Waals surface area contributed by atoms with Gasteiger partial charge in [0.05, 0.1) is 29.8 Å². The molecule has 2 aromatic carbocycles. The van der Waals surface area contributed by atoms with Crippen molar-refractivity contribution < 1.29 is 50.5 Å². The highest BCUT2D eigenvalue weighted by Crippen LogP contribution is 2.38. The van der Waals surface area contributed by atoms with Crippen LogP contribution in [0.1, 0.15) is 57.2 Å². The number of halogens is 4. The van der Waals surface area contributed by atoms with E-state index in [2.05, 4.69) is 14.4 Å². The first kappa shape index (κ1) is 37.7. The summed E-state index contributed by atoms with van der Waals surface area (Å²) in [5.41, 5.74) is 0.319. The molecule has 1 saturated carbocycles. The first-order chi connectivity index (χ1) is 25.3. The van der Waals surface area contributed by atoms with E-state index in [9.17, 15) is 36.8 Å². The number of nitrogens with one attached hydrogen (secondary N) is 1. The summed E-state index contributed by atoms with van der Waals surface area (Å²) in [4.78, 5) is 44.7. The van der Waals surface area contributed by atoms with Gasteiger partial charge in [0.2, 0.25) is 10.0 Å². The van der Waals surface area contributed by atoms with Gasteiger partial charge in [-0.25, -0.2) is 13.4 Å². The Kier molecular flexibility index (Phi) is 11.3. The average Bonchev–Trinajstić information content (AvgIpc) is 3.72. The molecule has 0 bridgehead atoms. The molecule has 0 spiro atoms. The van der Waals surface area contributed by atoms with E-state index in [1.54, 1.807) is 23.3 Å². The molecule has 19 heteroatoms. The van der Waals surface area contributed by atoms with Gasteiger partial charge >= 0.3 is 12.6 Å². The van der Waals surface area contributed by atoms with E-state index in [0.717, 1.165) is 25.2 Å². The summed E-state index contributed by atoms with van der Waals surface area (Å²) < 4.78 is 72.5. The molecule has 0 unspecified atom stereocenters. The number of carbonyl (C=O) groups excluding carboxylic acids is 3. The summed E-state index contributed by atoms with van der Waals surface area (Å²) in [5, 5.41) is 11.8. The quantitative estimate of drug-likeness (QED) is 0.0651. The Morgan fingerprint density at radius 1 is 1.06 bits per heavy atom. The van der Waals surface area contributed by atoms with Gasteiger partial charge in [-0.15, -0.1) is 0 Å². The van der Waals surface area contributed by atoms with Gasteiger partial charge in [0.25, 0.3) is 11.8 Å². The van der Waals surface area contributed by atoms with Crippen molar-refractivity contribution in [1.82, 2.24) is 14.5 Å². The van der Waals surface area contributed by atoms with Gasteiger partial charge in [-0.05, 0) is 61.1 Å². The normalized spacial score (nSPS) is 14.7. The number of hydrogen-bond donors (Lipinski definition) is 1. The number of aryl methyl sites for hydroxylation is 1. The molecule has 2 aliphatic rings. The van der Waals surface area contributed by atoms with Crippen molar-refractivity contribution in [2.45, 2.75) is 44.9 Å². The van der Waals surface area contributed by atoms with Crippen LogP contribution in [0.15, 0.2) is 67.5 Å². The minimum absolute atomic E-state index is 0.0385. The van der Waals surface area contributed by atoms with Crippen LogP contribution in [0.4, 0.5) is 14.5 Å². The number of benzene rings is 2. The molecule has 0 radical (unpaired) electrons. The minimum Gasteiger partial charge on any atom is -0.619 e. The number of aromatic nitrogens is 3. The predicted octanol–water partition coefficient (Wildman–Crippen LogP) is 5.17.